The van der Waals surface area contributed by atoms with Crippen molar-refractivity contribution in [3.8, 4) is 0 Å². The fraction of sp³-hybridized carbons (Fsp3) is 0.500. The second-order valence-corrected chi connectivity index (χ2v) is 4.24. The van der Waals surface area contributed by atoms with Gasteiger partial charge in [0, 0.05) is 25.6 Å². The van der Waals surface area contributed by atoms with E-state index in [1.165, 1.54) is 4.90 Å². The fourth-order valence-electron chi connectivity index (χ4n) is 1.59. The van der Waals surface area contributed by atoms with Crippen LogP contribution in [-0.4, -0.2) is 35.0 Å². The van der Waals surface area contributed by atoms with Crippen LogP contribution >= 0.6 is 0 Å². The lowest BCUT2D eigenvalue weighted by Crippen LogP contribution is -2.41. The molecule has 0 saturated heterocycles. The van der Waals surface area contributed by atoms with Gasteiger partial charge in [0.25, 0.3) is 0 Å². The van der Waals surface area contributed by atoms with Gasteiger partial charge >= 0.3 is 5.97 Å². The monoisotopic (exact) mass is 254 g/mol. The molecule has 100 valence electrons. The Morgan fingerprint density at radius 2 is 2.22 bits per heavy atom. The summed E-state index contributed by atoms with van der Waals surface area (Å²) >= 11 is 0. The number of carboxylic acids is 1. The Morgan fingerprint density at radius 1 is 1.56 bits per heavy atom. The molecule has 1 heterocycles. The predicted molar refractivity (Wildman–Crippen MR) is 64.8 cm³/mol. The number of hydrogen-bond acceptors (Lipinski definition) is 4. The summed E-state index contributed by atoms with van der Waals surface area (Å²) in [6, 6.07) is 1.01. The van der Waals surface area contributed by atoms with Crippen molar-refractivity contribution < 1.29 is 19.1 Å². The zero-order valence-electron chi connectivity index (χ0n) is 10.5. The van der Waals surface area contributed by atoms with Crippen molar-refractivity contribution in [1.29, 1.82) is 0 Å². The number of aliphatic carboxylic acids is 1. The predicted octanol–water partition coefficient (Wildman–Crippen LogP) is 0.739. The smallest absolute Gasteiger partial charge is 0.303 e. The molecular formula is C12H18N2O4. The number of hydrogen-bond donors (Lipinski definition) is 2. The van der Waals surface area contributed by atoms with E-state index in [9.17, 15) is 9.59 Å². The van der Waals surface area contributed by atoms with Crippen LogP contribution in [0.3, 0.4) is 0 Å². The lowest BCUT2D eigenvalue weighted by Gasteiger charge is -2.20. The lowest BCUT2D eigenvalue weighted by molar-refractivity contribution is -0.137. The first-order valence-electron chi connectivity index (χ1n) is 5.67. The molecule has 1 unspecified atom stereocenters. The second kappa shape index (κ2) is 6.20. The Morgan fingerprint density at radius 3 is 2.72 bits per heavy atom. The van der Waals surface area contributed by atoms with Crippen molar-refractivity contribution in [2.75, 3.05) is 7.05 Å². The van der Waals surface area contributed by atoms with Gasteiger partial charge in [-0.25, -0.2) is 0 Å². The summed E-state index contributed by atoms with van der Waals surface area (Å²) in [6.45, 7) is 2.22. The highest BCUT2D eigenvalue weighted by molar-refractivity contribution is 5.82. The van der Waals surface area contributed by atoms with Crippen molar-refractivity contribution in [3.63, 3.8) is 0 Å². The number of carbonyl (C=O) groups is 2. The topological polar surface area (TPSA) is 96.8 Å². The fourth-order valence-corrected chi connectivity index (χ4v) is 1.59. The van der Waals surface area contributed by atoms with Gasteiger partial charge < -0.3 is 20.2 Å². The minimum atomic E-state index is -0.952. The van der Waals surface area contributed by atoms with E-state index in [1.807, 2.05) is 6.92 Å². The summed E-state index contributed by atoms with van der Waals surface area (Å²) in [6.07, 6.45) is 1.60. The number of carbonyl (C=O) groups excluding carboxylic acids is 1. The molecule has 0 aliphatic heterocycles. The van der Waals surface area contributed by atoms with Crippen LogP contribution in [0.5, 0.6) is 0 Å². The molecule has 0 aromatic carbocycles. The highest BCUT2D eigenvalue weighted by Crippen LogP contribution is 2.12. The summed E-state index contributed by atoms with van der Waals surface area (Å²) < 4.78 is 5.14. The summed E-state index contributed by atoms with van der Waals surface area (Å²) in [5, 5.41) is 8.53. The van der Waals surface area contributed by atoms with Crippen LogP contribution in [0, 0.1) is 6.92 Å². The maximum atomic E-state index is 11.9. The zero-order chi connectivity index (χ0) is 13.7. The molecule has 0 radical (unpaired) electrons. The van der Waals surface area contributed by atoms with Gasteiger partial charge in [0.1, 0.15) is 5.76 Å². The third-order valence-corrected chi connectivity index (χ3v) is 2.74. The molecule has 1 amide bonds. The number of aryl methyl sites for hydroxylation is 1. The molecule has 3 N–H and O–H groups in total. The van der Waals surface area contributed by atoms with E-state index in [1.54, 1.807) is 19.4 Å². The molecule has 1 atom stereocenters. The standard InChI is InChI=1S/C12H18N2O4/c1-8-9(5-6-18-8)7-14(2)12(17)10(13)3-4-11(15)16/h5-6,10H,3-4,7,13H2,1-2H3,(H,15,16). The third kappa shape index (κ3) is 3.89. The van der Waals surface area contributed by atoms with E-state index < -0.39 is 12.0 Å². The van der Waals surface area contributed by atoms with Crippen LogP contribution in [0.15, 0.2) is 16.7 Å². The van der Waals surface area contributed by atoms with Gasteiger partial charge in [0.2, 0.25) is 5.91 Å². The van der Waals surface area contributed by atoms with Crippen LogP contribution in [0.2, 0.25) is 0 Å². The molecule has 0 aliphatic carbocycles. The van der Waals surface area contributed by atoms with Crippen LogP contribution < -0.4 is 5.73 Å². The zero-order valence-corrected chi connectivity index (χ0v) is 10.5. The SMILES string of the molecule is Cc1occc1CN(C)C(=O)C(N)CCC(=O)O. The minimum absolute atomic E-state index is 0.106. The number of rotatable bonds is 6. The van der Waals surface area contributed by atoms with Crippen molar-refractivity contribution in [3.05, 3.63) is 23.7 Å². The maximum absolute atomic E-state index is 11.9. The van der Waals surface area contributed by atoms with Crippen molar-refractivity contribution in [2.45, 2.75) is 32.4 Å². The van der Waals surface area contributed by atoms with Crippen LogP contribution in [0.4, 0.5) is 0 Å². The van der Waals surface area contributed by atoms with Crippen molar-refractivity contribution in [1.82, 2.24) is 4.90 Å². The maximum Gasteiger partial charge on any atom is 0.303 e. The van der Waals surface area contributed by atoms with E-state index in [4.69, 9.17) is 15.3 Å². The number of amides is 1. The molecule has 1 aromatic heterocycles. The summed E-state index contributed by atoms with van der Waals surface area (Å²) in [4.78, 5) is 23.8. The summed E-state index contributed by atoms with van der Waals surface area (Å²) in [7, 11) is 1.63. The second-order valence-electron chi connectivity index (χ2n) is 4.24. The molecule has 0 saturated carbocycles. The van der Waals surface area contributed by atoms with E-state index >= 15 is 0 Å². The molecule has 6 heteroatoms. The number of nitrogens with zero attached hydrogens (tertiary/aromatic N) is 1. The highest BCUT2D eigenvalue weighted by Gasteiger charge is 2.19. The van der Waals surface area contributed by atoms with Crippen LogP contribution in [-0.2, 0) is 16.1 Å². The highest BCUT2D eigenvalue weighted by atomic mass is 16.4. The molecule has 0 spiro atoms. The average molecular weight is 254 g/mol. The average Bonchev–Trinajstić information content (AvgIpc) is 2.70. The van der Waals surface area contributed by atoms with E-state index in [-0.39, 0.29) is 18.7 Å². The van der Waals surface area contributed by atoms with E-state index in [2.05, 4.69) is 0 Å². The van der Waals surface area contributed by atoms with Gasteiger partial charge in [0.15, 0.2) is 0 Å². The first-order valence-corrected chi connectivity index (χ1v) is 5.67. The van der Waals surface area contributed by atoms with Crippen molar-refractivity contribution >= 4 is 11.9 Å². The molecular weight excluding hydrogens is 236 g/mol. The Bertz CT molecular complexity index is 427. The number of carboxylic acid groups (broad SMARTS) is 1. The normalized spacial score (nSPS) is 12.2. The first kappa shape index (κ1) is 14.2. The Balaban J connectivity index is 2.50. The van der Waals surface area contributed by atoms with Gasteiger partial charge in [-0.2, -0.15) is 0 Å². The molecule has 0 fully saturated rings. The number of likely N-dealkylation sites (N-methyl/N-ethyl adjacent to an activating group) is 1. The summed E-state index contributed by atoms with van der Waals surface area (Å²) in [5.41, 5.74) is 6.57. The van der Waals surface area contributed by atoms with E-state index in [0.29, 0.717) is 6.54 Å². The van der Waals surface area contributed by atoms with Gasteiger partial charge in [-0.1, -0.05) is 0 Å². The quantitative estimate of drug-likeness (QED) is 0.780. The molecule has 0 aliphatic rings. The molecule has 0 bridgehead atoms. The molecule has 1 aromatic rings. The lowest BCUT2D eigenvalue weighted by atomic mass is 10.1. The van der Waals surface area contributed by atoms with Gasteiger partial charge in [-0.15, -0.1) is 0 Å². The Hall–Kier alpha value is -1.82. The van der Waals surface area contributed by atoms with Crippen LogP contribution in [0.25, 0.3) is 0 Å². The molecule has 6 nitrogen and oxygen atoms in total. The van der Waals surface area contributed by atoms with Gasteiger partial charge in [-0.05, 0) is 19.4 Å². The van der Waals surface area contributed by atoms with Crippen LogP contribution in [0.1, 0.15) is 24.2 Å². The summed E-state index contributed by atoms with van der Waals surface area (Å²) in [5.74, 6) is -0.461. The minimum Gasteiger partial charge on any atom is -0.481 e. The Kier molecular flexibility index (Phi) is 4.91. The van der Waals surface area contributed by atoms with E-state index in [0.717, 1.165) is 11.3 Å². The molecule has 18 heavy (non-hydrogen) atoms. The Labute approximate surface area is 105 Å². The molecule has 1 rings (SSSR count). The largest absolute Gasteiger partial charge is 0.481 e. The number of furan rings is 1. The third-order valence-electron chi connectivity index (χ3n) is 2.74. The van der Waals surface area contributed by atoms with Gasteiger partial charge in [0.05, 0.1) is 12.3 Å². The van der Waals surface area contributed by atoms with Crippen molar-refractivity contribution in [2.24, 2.45) is 5.73 Å². The van der Waals surface area contributed by atoms with Gasteiger partial charge in [-0.3, -0.25) is 9.59 Å². The number of nitrogens with two attached hydrogens (primary N) is 1. The first-order chi connectivity index (χ1) is 8.41.